The molecule has 1 heterocycles. The predicted molar refractivity (Wildman–Crippen MR) is 71.5 cm³/mol. The standard InChI is InChI=1S/C13H16N2O4S/c1-7-4-9(7)13(16)15-11-6-19-12-3-2-8(5-10(11)12)20(14,17)18/h2-3,5,7,9,11H,4,6H2,1H3,(H,15,16)(H2,14,17,18). The van der Waals surface area contributed by atoms with Gasteiger partial charge in [-0.3, -0.25) is 4.79 Å². The Morgan fingerprint density at radius 1 is 1.45 bits per heavy atom. The van der Waals surface area contributed by atoms with E-state index in [9.17, 15) is 13.2 Å². The summed E-state index contributed by atoms with van der Waals surface area (Å²) >= 11 is 0. The minimum absolute atomic E-state index is 0.0000383. The lowest BCUT2D eigenvalue weighted by Crippen LogP contribution is -2.31. The van der Waals surface area contributed by atoms with Gasteiger partial charge in [-0.2, -0.15) is 0 Å². The molecule has 0 spiro atoms. The first-order chi connectivity index (χ1) is 9.36. The number of amides is 1. The molecule has 3 atom stereocenters. The van der Waals surface area contributed by atoms with Crippen LogP contribution in [0.3, 0.4) is 0 Å². The summed E-state index contributed by atoms with van der Waals surface area (Å²) in [6.07, 6.45) is 0.906. The highest BCUT2D eigenvalue weighted by atomic mass is 32.2. The maximum atomic E-state index is 12.0. The van der Waals surface area contributed by atoms with Gasteiger partial charge in [-0.1, -0.05) is 6.92 Å². The Balaban J connectivity index is 1.83. The number of nitrogens with two attached hydrogens (primary N) is 1. The largest absolute Gasteiger partial charge is 0.491 e. The fourth-order valence-corrected chi connectivity index (χ4v) is 3.00. The number of primary sulfonamides is 1. The van der Waals surface area contributed by atoms with Gasteiger partial charge in [0.1, 0.15) is 12.4 Å². The Morgan fingerprint density at radius 3 is 2.75 bits per heavy atom. The molecule has 3 unspecified atom stereocenters. The number of benzene rings is 1. The highest BCUT2D eigenvalue weighted by Gasteiger charge is 2.40. The molecule has 20 heavy (non-hydrogen) atoms. The third-order valence-electron chi connectivity index (χ3n) is 3.85. The SMILES string of the molecule is CC1CC1C(=O)NC1COc2ccc(S(N)(=O)=O)cc21. The molecule has 2 aliphatic rings. The van der Waals surface area contributed by atoms with E-state index < -0.39 is 10.0 Å². The van der Waals surface area contributed by atoms with Crippen molar-refractivity contribution < 1.29 is 17.9 Å². The van der Waals surface area contributed by atoms with Crippen LogP contribution in [-0.4, -0.2) is 20.9 Å². The zero-order valence-electron chi connectivity index (χ0n) is 11.0. The molecule has 1 fully saturated rings. The van der Waals surface area contributed by atoms with Crippen molar-refractivity contribution in [1.82, 2.24) is 5.32 Å². The van der Waals surface area contributed by atoms with Crippen molar-refractivity contribution in [3.8, 4) is 5.75 Å². The van der Waals surface area contributed by atoms with Crippen LogP contribution >= 0.6 is 0 Å². The second kappa shape index (κ2) is 4.46. The van der Waals surface area contributed by atoms with E-state index in [0.717, 1.165) is 6.42 Å². The fourth-order valence-electron chi connectivity index (χ4n) is 2.46. The Kier molecular flexibility index (Phi) is 2.98. The molecule has 3 N–H and O–H groups in total. The van der Waals surface area contributed by atoms with E-state index in [1.165, 1.54) is 12.1 Å². The number of ether oxygens (including phenoxy) is 1. The number of rotatable bonds is 3. The Morgan fingerprint density at radius 2 is 2.15 bits per heavy atom. The Bertz CT molecular complexity index is 671. The van der Waals surface area contributed by atoms with Gasteiger partial charge in [0, 0.05) is 11.5 Å². The maximum absolute atomic E-state index is 12.0. The lowest BCUT2D eigenvalue weighted by atomic mass is 10.1. The van der Waals surface area contributed by atoms with Gasteiger partial charge in [0.05, 0.1) is 10.9 Å². The first kappa shape index (κ1) is 13.4. The van der Waals surface area contributed by atoms with Gasteiger partial charge < -0.3 is 10.1 Å². The van der Waals surface area contributed by atoms with Crippen LogP contribution in [0.5, 0.6) is 5.75 Å². The van der Waals surface area contributed by atoms with Crippen LogP contribution in [0.15, 0.2) is 23.1 Å². The maximum Gasteiger partial charge on any atom is 0.238 e. The summed E-state index contributed by atoms with van der Waals surface area (Å²) in [6.45, 7) is 2.35. The second-order valence-electron chi connectivity index (χ2n) is 5.44. The molecule has 7 heteroatoms. The smallest absolute Gasteiger partial charge is 0.238 e. The molecular weight excluding hydrogens is 280 g/mol. The average molecular weight is 296 g/mol. The zero-order chi connectivity index (χ0) is 14.5. The molecule has 1 aromatic rings. The van der Waals surface area contributed by atoms with E-state index in [1.807, 2.05) is 6.92 Å². The normalized spacial score (nSPS) is 27.6. The molecule has 6 nitrogen and oxygen atoms in total. The fraction of sp³-hybridized carbons (Fsp3) is 0.462. The quantitative estimate of drug-likeness (QED) is 0.850. The predicted octanol–water partition coefficient (Wildman–Crippen LogP) is 0.540. The minimum Gasteiger partial charge on any atom is -0.491 e. The van der Waals surface area contributed by atoms with Gasteiger partial charge in [-0.25, -0.2) is 13.6 Å². The lowest BCUT2D eigenvalue weighted by molar-refractivity contribution is -0.123. The average Bonchev–Trinajstić information content (AvgIpc) is 2.97. The zero-order valence-corrected chi connectivity index (χ0v) is 11.8. The molecule has 0 aromatic heterocycles. The van der Waals surface area contributed by atoms with Crippen molar-refractivity contribution in [2.45, 2.75) is 24.3 Å². The van der Waals surface area contributed by atoms with Crippen LogP contribution in [-0.2, 0) is 14.8 Å². The lowest BCUT2D eigenvalue weighted by Gasteiger charge is -2.12. The summed E-state index contributed by atoms with van der Waals surface area (Å²) < 4.78 is 28.2. The molecule has 108 valence electrons. The molecule has 1 aliphatic carbocycles. The number of carbonyl (C=O) groups excluding carboxylic acids is 1. The number of fused-ring (bicyclic) bond motifs is 1. The van der Waals surface area contributed by atoms with Crippen molar-refractivity contribution in [1.29, 1.82) is 0 Å². The first-order valence-electron chi connectivity index (χ1n) is 6.46. The second-order valence-corrected chi connectivity index (χ2v) is 7.00. The molecule has 0 radical (unpaired) electrons. The summed E-state index contributed by atoms with van der Waals surface area (Å²) in [7, 11) is -3.76. The van der Waals surface area contributed by atoms with Crippen molar-refractivity contribution in [3.05, 3.63) is 23.8 Å². The van der Waals surface area contributed by atoms with Gasteiger partial charge in [0.2, 0.25) is 15.9 Å². The topological polar surface area (TPSA) is 98.5 Å². The van der Waals surface area contributed by atoms with Crippen LogP contribution < -0.4 is 15.2 Å². The highest BCUT2D eigenvalue weighted by Crippen LogP contribution is 2.39. The molecule has 1 amide bonds. The number of nitrogens with one attached hydrogen (secondary N) is 1. The van der Waals surface area contributed by atoms with Gasteiger partial charge in [-0.15, -0.1) is 0 Å². The molecule has 1 saturated carbocycles. The van der Waals surface area contributed by atoms with E-state index in [0.29, 0.717) is 23.8 Å². The van der Waals surface area contributed by atoms with E-state index >= 15 is 0 Å². The highest BCUT2D eigenvalue weighted by molar-refractivity contribution is 7.89. The molecular formula is C13H16N2O4S. The van der Waals surface area contributed by atoms with E-state index in [1.54, 1.807) is 6.07 Å². The van der Waals surface area contributed by atoms with Gasteiger partial charge in [0.25, 0.3) is 0 Å². The minimum atomic E-state index is -3.76. The van der Waals surface area contributed by atoms with Crippen molar-refractivity contribution in [2.24, 2.45) is 17.0 Å². The summed E-state index contributed by atoms with van der Waals surface area (Å²) in [5.74, 6) is 1.08. The summed E-state index contributed by atoms with van der Waals surface area (Å²) in [5, 5.41) is 8.02. The summed E-state index contributed by atoms with van der Waals surface area (Å²) in [6, 6.07) is 4.13. The Hall–Kier alpha value is -1.60. The van der Waals surface area contributed by atoms with Crippen LogP contribution in [0.25, 0.3) is 0 Å². The summed E-state index contributed by atoms with van der Waals surface area (Å²) in [4.78, 5) is 12.0. The van der Waals surface area contributed by atoms with Crippen LogP contribution in [0.2, 0.25) is 0 Å². The van der Waals surface area contributed by atoms with Crippen molar-refractivity contribution in [3.63, 3.8) is 0 Å². The monoisotopic (exact) mass is 296 g/mol. The van der Waals surface area contributed by atoms with Gasteiger partial charge in [-0.05, 0) is 30.5 Å². The van der Waals surface area contributed by atoms with E-state index in [4.69, 9.17) is 9.88 Å². The number of carbonyl (C=O) groups is 1. The van der Waals surface area contributed by atoms with Crippen molar-refractivity contribution in [2.75, 3.05) is 6.61 Å². The van der Waals surface area contributed by atoms with Crippen molar-refractivity contribution >= 4 is 15.9 Å². The van der Waals surface area contributed by atoms with E-state index in [2.05, 4.69) is 5.32 Å². The number of sulfonamides is 1. The Labute approximate surface area is 117 Å². The van der Waals surface area contributed by atoms with Crippen LogP contribution in [0.1, 0.15) is 24.9 Å². The number of hydrogen-bond donors (Lipinski definition) is 2. The van der Waals surface area contributed by atoms with Crippen LogP contribution in [0.4, 0.5) is 0 Å². The number of hydrogen-bond acceptors (Lipinski definition) is 4. The first-order valence-corrected chi connectivity index (χ1v) is 8.01. The van der Waals surface area contributed by atoms with Gasteiger partial charge in [0.15, 0.2) is 0 Å². The van der Waals surface area contributed by atoms with E-state index in [-0.39, 0.29) is 22.8 Å². The van der Waals surface area contributed by atoms with Crippen LogP contribution in [0, 0.1) is 11.8 Å². The molecule has 3 rings (SSSR count). The third-order valence-corrected chi connectivity index (χ3v) is 4.76. The molecule has 0 bridgehead atoms. The third kappa shape index (κ3) is 2.38. The summed E-state index contributed by atoms with van der Waals surface area (Å²) in [5.41, 5.74) is 0.665. The molecule has 0 saturated heterocycles. The molecule has 1 aromatic carbocycles. The van der Waals surface area contributed by atoms with Gasteiger partial charge >= 0.3 is 0 Å². The molecule has 1 aliphatic heterocycles.